The maximum atomic E-state index is 14.5. The highest BCUT2D eigenvalue weighted by molar-refractivity contribution is 8.76. The number of benzene rings is 1. The summed E-state index contributed by atoms with van der Waals surface area (Å²) in [6.07, 6.45) is 0.152. The number of carbonyl (C=O) groups is 13. The molecular formula is C60H103N25O15S2. The molecule has 2 rings (SSSR count). The quantitative estimate of drug-likeness (QED) is 0.0126. The summed E-state index contributed by atoms with van der Waals surface area (Å²) in [6, 6.07) is -7.78. The van der Waals surface area contributed by atoms with Crippen molar-refractivity contribution in [1.82, 2.24) is 63.8 Å². The second-order valence-corrected chi connectivity index (χ2v) is 27.0. The molecule has 0 bridgehead atoms. The van der Waals surface area contributed by atoms with Crippen LogP contribution in [-0.4, -0.2) is 229 Å². The lowest BCUT2D eigenvalue weighted by molar-refractivity contribution is -0.142. The molecule has 1 saturated heterocycles. The molecule has 0 spiro atoms. The number of hydrogen-bond acceptors (Lipinski definition) is 21. The number of phenolic OH excluding ortho intramolecular Hbond substituents is 1. The minimum absolute atomic E-state index is 0.000278. The normalized spacial score (nSPS) is 17.3. The van der Waals surface area contributed by atoms with Gasteiger partial charge in [-0.3, -0.25) is 77.5 Å². The number of aliphatic carboxylic acids is 1. The molecule has 0 saturated carbocycles. The molecule has 10 atom stereocenters. The van der Waals surface area contributed by atoms with Crippen molar-refractivity contribution in [2.75, 3.05) is 57.3 Å². The molecule has 0 radical (unpaired) electrons. The van der Waals surface area contributed by atoms with E-state index in [1.165, 1.54) is 19.1 Å². The summed E-state index contributed by atoms with van der Waals surface area (Å²) in [5, 5.41) is 49.7. The first-order valence-electron chi connectivity index (χ1n) is 32.8. The van der Waals surface area contributed by atoms with Crippen molar-refractivity contribution in [1.29, 1.82) is 0 Å². The number of phenols is 1. The molecule has 0 unspecified atom stereocenters. The summed E-state index contributed by atoms with van der Waals surface area (Å²) in [4.78, 5) is 194. The van der Waals surface area contributed by atoms with Gasteiger partial charge in [0.15, 0.2) is 23.8 Å². The molecule has 42 heteroatoms. The van der Waals surface area contributed by atoms with E-state index in [0.29, 0.717) is 5.56 Å². The fraction of sp³-hybridized carbons (Fsp3) is 0.617. The summed E-state index contributed by atoms with van der Waals surface area (Å²) in [7, 11) is 1.83. The number of rotatable bonds is 39. The van der Waals surface area contributed by atoms with E-state index in [9.17, 15) is 72.5 Å². The van der Waals surface area contributed by atoms with Gasteiger partial charge in [-0.1, -0.05) is 61.4 Å². The van der Waals surface area contributed by atoms with Gasteiger partial charge in [-0.15, -0.1) is 0 Å². The number of aromatic hydroxyl groups is 1. The van der Waals surface area contributed by atoms with Crippen molar-refractivity contribution in [3.05, 3.63) is 29.8 Å². The van der Waals surface area contributed by atoms with Gasteiger partial charge in [0.05, 0.1) is 25.7 Å². The number of carboxylic acids is 1. The van der Waals surface area contributed by atoms with E-state index in [1.54, 1.807) is 39.8 Å². The number of nitrogens with one attached hydrogen (secondary N) is 12. The largest absolute Gasteiger partial charge is 0.508 e. The van der Waals surface area contributed by atoms with Crippen LogP contribution in [0.4, 0.5) is 0 Å². The van der Waals surface area contributed by atoms with E-state index in [0.717, 1.165) is 21.6 Å². The number of hydrogen-bond donors (Lipinski definition) is 23. The molecule has 1 aliphatic rings. The zero-order valence-corrected chi connectivity index (χ0v) is 59.5. The average molecular weight is 1480 g/mol. The van der Waals surface area contributed by atoms with Crippen molar-refractivity contribution in [2.24, 2.45) is 83.4 Å². The number of carbonyl (C=O) groups excluding carboxylic acids is 12. The Bertz CT molecular complexity index is 3110. The van der Waals surface area contributed by atoms with Gasteiger partial charge in [0.25, 0.3) is 0 Å². The molecule has 1 aromatic rings. The standard InChI is InChI=1S/C60H103N25O15S2/c1-30(2)22-40-54(97)85-43(55(98)83-41(23-31(3)4)53(96)77-32(5)47(90)82-39(56(99)100)13-9-21-73-60(68)69)29-102-101-28-42(50(93)75-25-44(87)74-26-45(88)79-40)84-51(94)37(11-7-19-71-58(64)65)78-46(89)27-76-49(92)36(10-6-18-70-57(62)63)81-52(95)38(12-8-20-72-59(66)67)80-48(91)35(61)24-33-14-16-34(86)17-15-33/h14-17,30-32,35-43,86H,6-13,18-29,61H2,1-5H3,(H,74,87)(H,75,93)(H,76,92)(H,77,96)(H,78,89)(H,79,88)(H,80,91)(H,81,95)(H,82,90)(H,83,98)(H,84,94)(H,85,97)(H,99,100)(H4,62,63,70)(H4,64,65,71)(H4,66,67,72)(H4,68,69,73)/t32-,35-,36-,37-,38-,39-,40-,41-,42-,43-/m0/s1. The summed E-state index contributed by atoms with van der Waals surface area (Å²) < 4.78 is 0. The minimum atomic E-state index is -1.54. The Morgan fingerprint density at radius 3 is 1.54 bits per heavy atom. The zero-order valence-electron chi connectivity index (χ0n) is 57.9. The second-order valence-electron chi connectivity index (χ2n) is 24.5. The molecule has 12 amide bonds. The average Bonchev–Trinajstić information content (AvgIpc) is 0.991. The summed E-state index contributed by atoms with van der Waals surface area (Å²) in [6.45, 7) is 6.21. The van der Waals surface area contributed by atoms with Crippen molar-refractivity contribution in [3.8, 4) is 5.75 Å². The lowest BCUT2D eigenvalue weighted by atomic mass is 10.0. The van der Waals surface area contributed by atoms with Gasteiger partial charge in [-0.05, 0) is 107 Å². The molecule has 102 heavy (non-hydrogen) atoms. The fourth-order valence-electron chi connectivity index (χ4n) is 9.42. The van der Waals surface area contributed by atoms with Gasteiger partial charge >= 0.3 is 5.97 Å². The molecule has 32 N–H and O–H groups in total. The van der Waals surface area contributed by atoms with Crippen LogP contribution in [0.5, 0.6) is 5.75 Å². The van der Waals surface area contributed by atoms with Gasteiger partial charge < -0.3 is 126 Å². The van der Waals surface area contributed by atoms with Gasteiger partial charge in [0, 0.05) is 37.7 Å². The smallest absolute Gasteiger partial charge is 0.326 e. The Labute approximate surface area is 598 Å². The van der Waals surface area contributed by atoms with E-state index in [4.69, 9.17) is 51.6 Å². The van der Waals surface area contributed by atoms with Crippen LogP contribution < -0.4 is 115 Å². The molecule has 0 aromatic heterocycles. The zero-order chi connectivity index (χ0) is 76.6. The van der Waals surface area contributed by atoms with Crippen molar-refractivity contribution in [3.63, 3.8) is 0 Å². The van der Waals surface area contributed by atoms with Crippen molar-refractivity contribution in [2.45, 2.75) is 166 Å². The highest BCUT2D eigenvalue weighted by Crippen LogP contribution is 2.24. The lowest BCUT2D eigenvalue weighted by Gasteiger charge is -2.27. The molecule has 570 valence electrons. The number of amides is 12. The van der Waals surface area contributed by atoms with E-state index in [1.807, 2.05) is 0 Å². The van der Waals surface area contributed by atoms with Crippen LogP contribution in [0.15, 0.2) is 44.2 Å². The molecule has 1 fully saturated rings. The van der Waals surface area contributed by atoms with Crippen LogP contribution in [0.3, 0.4) is 0 Å². The Kier molecular flexibility index (Phi) is 40.6. The SMILES string of the molecule is CC(C)C[C@@H]1NC(=O)CNC(=O)CNC(=O)[C@@H](NC(=O)[C@H](CCCN=C(N)N)NC(=O)CNC(=O)[C@H](CCCN=C(N)N)NC(=O)[C@H](CCCN=C(N)N)NC(=O)[C@@H](N)Cc2ccc(O)cc2)CSSC[C@@H](C(=O)N[C@@H](CC(C)C)C(=O)N[C@@H](C)C(=O)N[C@@H](CCCN=C(N)N)C(=O)O)NC1=O. The van der Waals surface area contributed by atoms with Crippen LogP contribution in [0.2, 0.25) is 0 Å². The monoisotopic (exact) mass is 1480 g/mol. The minimum Gasteiger partial charge on any atom is -0.508 e. The molecule has 1 aliphatic heterocycles. The predicted molar refractivity (Wildman–Crippen MR) is 383 cm³/mol. The first-order chi connectivity index (χ1) is 48.0. The van der Waals surface area contributed by atoms with Crippen LogP contribution in [0.1, 0.15) is 104 Å². The molecular weight excluding hydrogens is 1370 g/mol. The third-order valence-electron chi connectivity index (χ3n) is 14.6. The van der Waals surface area contributed by atoms with Gasteiger partial charge in [-0.25, -0.2) is 4.79 Å². The van der Waals surface area contributed by atoms with Gasteiger partial charge in [0.1, 0.15) is 60.1 Å². The number of nitrogens with two attached hydrogens (primary N) is 9. The number of guanidine groups is 4. The molecule has 1 aromatic carbocycles. The van der Waals surface area contributed by atoms with Crippen LogP contribution in [0.25, 0.3) is 0 Å². The highest BCUT2D eigenvalue weighted by atomic mass is 33.1. The van der Waals surface area contributed by atoms with Gasteiger partial charge in [-0.2, -0.15) is 0 Å². The topological polar surface area (TPSA) is 690 Å². The molecule has 40 nitrogen and oxygen atoms in total. The van der Waals surface area contributed by atoms with E-state index in [-0.39, 0.29) is 150 Å². The highest BCUT2D eigenvalue weighted by Gasteiger charge is 2.35. The van der Waals surface area contributed by atoms with Crippen LogP contribution in [0, 0.1) is 11.8 Å². The van der Waals surface area contributed by atoms with Gasteiger partial charge in [0.2, 0.25) is 70.9 Å². The predicted octanol–water partition coefficient (Wildman–Crippen LogP) is -8.22. The maximum Gasteiger partial charge on any atom is 0.326 e. The molecule has 1 heterocycles. The number of nitrogens with zero attached hydrogens (tertiary/aromatic N) is 4. The van der Waals surface area contributed by atoms with Crippen molar-refractivity contribution >= 4 is 122 Å². The number of carboxylic acid groups (broad SMARTS) is 1. The first kappa shape index (κ1) is 88.0. The van der Waals surface area contributed by atoms with Crippen molar-refractivity contribution < 1.29 is 72.5 Å². The number of aliphatic imine (C=N–C) groups is 4. The van der Waals surface area contributed by atoms with Crippen LogP contribution >= 0.6 is 21.6 Å². The summed E-state index contributed by atoms with van der Waals surface area (Å²) >= 11 is 0. The lowest BCUT2D eigenvalue weighted by Crippen LogP contribution is -2.59. The third kappa shape index (κ3) is 37.3. The van der Waals surface area contributed by atoms with E-state index >= 15 is 0 Å². The molecule has 0 aliphatic carbocycles. The summed E-state index contributed by atoms with van der Waals surface area (Å²) in [5.41, 5.74) is 50.6. The first-order valence-corrected chi connectivity index (χ1v) is 35.3. The third-order valence-corrected chi connectivity index (χ3v) is 17.0. The maximum absolute atomic E-state index is 14.5. The van der Waals surface area contributed by atoms with E-state index < -0.39 is 157 Å². The Hall–Kier alpha value is -10.1. The Morgan fingerprint density at radius 1 is 0.539 bits per heavy atom. The van der Waals surface area contributed by atoms with E-state index in [2.05, 4.69) is 83.8 Å². The second kappa shape index (κ2) is 47.1. The fourth-order valence-corrected chi connectivity index (χ4v) is 11.7. The Balaban J connectivity index is 2.50. The van der Waals surface area contributed by atoms with Crippen LogP contribution in [-0.2, 0) is 68.7 Å². The summed E-state index contributed by atoms with van der Waals surface area (Å²) in [5.74, 6) is -13.9. The Morgan fingerprint density at radius 2 is 1.02 bits per heavy atom.